The number of carbonyl (C=O) groups is 1. The molecule has 2 rings (SSSR count). The van der Waals surface area contributed by atoms with Gasteiger partial charge in [0.15, 0.2) is 0 Å². The average Bonchev–Trinajstić information content (AvgIpc) is 2.58. The molecule has 1 amide bonds. The number of hydrogen-bond donors (Lipinski definition) is 1. The number of phenolic OH excluding ortho intramolecular Hbond substituents is 1. The third-order valence-corrected chi connectivity index (χ3v) is 4.34. The second-order valence-electron chi connectivity index (χ2n) is 5.93. The Morgan fingerprint density at radius 3 is 2.68 bits per heavy atom. The molecule has 0 aliphatic carbocycles. The van der Waals surface area contributed by atoms with Gasteiger partial charge in [0.2, 0.25) is 5.91 Å². The summed E-state index contributed by atoms with van der Waals surface area (Å²) in [6, 6.07) is 6.06. The number of hydrogen-bond acceptors (Lipinski definition) is 2. The molecule has 6 heteroatoms. The number of likely N-dealkylation sites (tertiary alicyclic amines) is 1. The van der Waals surface area contributed by atoms with Gasteiger partial charge >= 0.3 is 6.18 Å². The number of likely N-dealkylation sites (N-methyl/N-ethyl adjacent to an activating group) is 1. The minimum absolute atomic E-state index is 0.0383. The second-order valence-corrected chi connectivity index (χ2v) is 5.93. The fourth-order valence-electron chi connectivity index (χ4n) is 3.15. The van der Waals surface area contributed by atoms with E-state index in [1.807, 2.05) is 0 Å². The number of carbonyl (C=O) groups excluding carboxylic acids is 1. The highest BCUT2D eigenvalue weighted by molar-refractivity contribution is 5.88. The lowest BCUT2D eigenvalue weighted by atomic mass is 9.72. The van der Waals surface area contributed by atoms with E-state index in [9.17, 15) is 23.1 Å². The number of amides is 1. The first-order chi connectivity index (χ1) is 10.2. The summed E-state index contributed by atoms with van der Waals surface area (Å²) in [4.78, 5) is 14.3. The molecule has 1 saturated heterocycles. The van der Waals surface area contributed by atoms with Gasteiger partial charge in [0.05, 0.1) is 5.41 Å². The lowest BCUT2D eigenvalue weighted by molar-refractivity contribution is -0.146. The Bertz CT molecular complexity index is 544. The molecule has 1 aliphatic heterocycles. The quantitative estimate of drug-likeness (QED) is 0.925. The molecule has 1 aromatic rings. The molecule has 1 fully saturated rings. The summed E-state index contributed by atoms with van der Waals surface area (Å²) in [5.74, 6) is -0.330. The molecule has 1 heterocycles. The van der Waals surface area contributed by atoms with Gasteiger partial charge in [-0.05, 0) is 37.0 Å². The maximum Gasteiger partial charge on any atom is 0.389 e. The summed E-state index contributed by atoms with van der Waals surface area (Å²) < 4.78 is 38.2. The number of phenols is 1. The Hall–Kier alpha value is -1.72. The number of rotatable bonds is 3. The van der Waals surface area contributed by atoms with E-state index >= 15 is 0 Å². The predicted molar refractivity (Wildman–Crippen MR) is 76.6 cm³/mol. The van der Waals surface area contributed by atoms with Gasteiger partial charge in [0.25, 0.3) is 0 Å². The van der Waals surface area contributed by atoms with Crippen LogP contribution in [0.25, 0.3) is 0 Å². The minimum Gasteiger partial charge on any atom is -0.508 e. The average molecular weight is 315 g/mol. The van der Waals surface area contributed by atoms with Gasteiger partial charge in [0, 0.05) is 20.0 Å². The van der Waals surface area contributed by atoms with Crippen LogP contribution in [0, 0.1) is 0 Å². The molecular formula is C16H20F3NO2. The third-order valence-electron chi connectivity index (χ3n) is 4.34. The molecule has 1 N–H and O–H groups in total. The lowest BCUT2D eigenvalue weighted by Gasteiger charge is -2.34. The van der Waals surface area contributed by atoms with Gasteiger partial charge in [-0.15, -0.1) is 0 Å². The smallest absolute Gasteiger partial charge is 0.389 e. The van der Waals surface area contributed by atoms with E-state index in [1.54, 1.807) is 19.2 Å². The van der Waals surface area contributed by atoms with Crippen LogP contribution in [-0.2, 0) is 10.2 Å². The molecule has 0 unspecified atom stereocenters. The van der Waals surface area contributed by atoms with Gasteiger partial charge in [-0.1, -0.05) is 18.6 Å². The van der Waals surface area contributed by atoms with E-state index in [1.165, 1.54) is 17.0 Å². The summed E-state index contributed by atoms with van der Waals surface area (Å²) in [7, 11) is 1.62. The van der Waals surface area contributed by atoms with Gasteiger partial charge in [0.1, 0.15) is 5.75 Å². The van der Waals surface area contributed by atoms with E-state index in [-0.39, 0.29) is 18.1 Å². The maximum absolute atomic E-state index is 12.8. The van der Waals surface area contributed by atoms with Crippen LogP contribution in [0.15, 0.2) is 24.3 Å². The highest BCUT2D eigenvalue weighted by Crippen LogP contribution is 2.41. The molecule has 122 valence electrons. The molecule has 1 aromatic carbocycles. The molecule has 0 bridgehead atoms. The minimum atomic E-state index is -4.31. The van der Waals surface area contributed by atoms with E-state index in [4.69, 9.17) is 0 Å². The highest BCUT2D eigenvalue weighted by atomic mass is 19.4. The predicted octanol–water partition coefficient (Wildman–Crippen LogP) is 3.61. The topological polar surface area (TPSA) is 40.5 Å². The number of alkyl halides is 3. The Morgan fingerprint density at radius 1 is 1.32 bits per heavy atom. The molecule has 0 saturated carbocycles. The van der Waals surface area contributed by atoms with Crippen molar-refractivity contribution in [2.45, 2.75) is 43.7 Å². The van der Waals surface area contributed by atoms with Crippen molar-refractivity contribution in [3.63, 3.8) is 0 Å². The summed E-state index contributed by atoms with van der Waals surface area (Å²) in [6.45, 7) is 0.547. The van der Waals surface area contributed by atoms with Crippen molar-refractivity contribution < 1.29 is 23.1 Å². The molecule has 3 nitrogen and oxygen atoms in total. The van der Waals surface area contributed by atoms with Crippen LogP contribution in [-0.4, -0.2) is 35.7 Å². The molecule has 0 aromatic heterocycles. The van der Waals surface area contributed by atoms with Crippen molar-refractivity contribution in [1.82, 2.24) is 4.90 Å². The Balaban J connectivity index is 2.45. The Kier molecular flexibility index (Phi) is 4.68. The van der Waals surface area contributed by atoms with Gasteiger partial charge in [-0.3, -0.25) is 4.79 Å². The number of aromatic hydroxyl groups is 1. The molecule has 22 heavy (non-hydrogen) atoms. The number of halogens is 3. The zero-order valence-corrected chi connectivity index (χ0v) is 12.5. The molecule has 0 spiro atoms. The maximum atomic E-state index is 12.8. The van der Waals surface area contributed by atoms with Crippen molar-refractivity contribution in [1.29, 1.82) is 0 Å². The van der Waals surface area contributed by atoms with Gasteiger partial charge in [-0.25, -0.2) is 0 Å². The molecule has 1 aliphatic rings. The van der Waals surface area contributed by atoms with Gasteiger partial charge in [-0.2, -0.15) is 13.2 Å². The fourth-order valence-corrected chi connectivity index (χ4v) is 3.15. The summed E-state index contributed by atoms with van der Waals surface area (Å²) in [6.07, 6.45) is -3.78. The van der Waals surface area contributed by atoms with Gasteiger partial charge < -0.3 is 10.0 Å². The van der Waals surface area contributed by atoms with Crippen LogP contribution in [0.5, 0.6) is 5.75 Å². The fraction of sp³-hybridized carbons (Fsp3) is 0.562. The summed E-state index contributed by atoms with van der Waals surface area (Å²) in [5, 5.41) is 9.66. The standard InChI is InChI=1S/C16H20F3NO2/c1-20-10-3-2-7-15(14(20)22,8-9-16(17,18)19)12-5-4-6-13(21)11-12/h4-6,11,21H,2-3,7-10H2,1H3/t15-/m1/s1. The monoisotopic (exact) mass is 315 g/mol. The van der Waals surface area contributed by atoms with Crippen LogP contribution in [0.4, 0.5) is 13.2 Å². The first-order valence-corrected chi connectivity index (χ1v) is 7.36. The van der Waals surface area contributed by atoms with Crippen molar-refractivity contribution in [2.75, 3.05) is 13.6 Å². The van der Waals surface area contributed by atoms with E-state index in [0.29, 0.717) is 24.9 Å². The van der Waals surface area contributed by atoms with E-state index in [0.717, 1.165) is 6.42 Å². The van der Waals surface area contributed by atoms with Crippen molar-refractivity contribution in [3.8, 4) is 5.75 Å². The Morgan fingerprint density at radius 2 is 2.05 bits per heavy atom. The molecule has 1 atom stereocenters. The molecular weight excluding hydrogens is 295 g/mol. The first kappa shape index (κ1) is 16.6. The Labute approximate surface area is 127 Å². The van der Waals surface area contributed by atoms with E-state index < -0.39 is 18.0 Å². The SMILES string of the molecule is CN1CCCC[C@@](CCC(F)(F)F)(c2cccc(O)c2)C1=O. The summed E-state index contributed by atoms with van der Waals surface area (Å²) in [5.41, 5.74) is -0.741. The van der Waals surface area contributed by atoms with Crippen molar-refractivity contribution >= 4 is 5.91 Å². The lowest BCUT2D eigenvalue weighted by Crippen LogP contribution is -2.44. The van der Waals surface area contributed by atoms with Crippen molar-refractivity contribution in [3.05, 3.63) is 29.8 Å². The summed E-state index contributed by atoms with van der Waals surface area (Å²) >= 11 is 0. The number of benzene rings is 1. The first-order valence-electron chi connectivity index (χ1n) is 7.36. The van der Waals surface area contributed by atoms with Crippen molar-refractivity contribution in [2.24, 2.45) is 0 Å². The van der Waals surface area contributed by atoms with Crippen LogP contribution in [0.3, 0.4) is 0 Å². The molecule has 0 radical (unpaired) electrons. The second kappa shape index (κ2) is 6.18. The van der Waals surface area contributed by atoms with Crippen LogP contribution >= 0.6 is 0 Å². The van der Waals surface area contributed by atoms with Crippen LogP contribution < -0.4 is 0 Å². The number of nitrogens with zero attached hydrogens (tertiary/aromatic N) is 1. The van der Waals surface area contributed by atoms with Crippen LogP contribution in [0.2, 0.25) is 0 Å². The van der Waals surface area contributed by atoms with E-state index in [2.05, 4.69) is 0 Å². The normalized spacial score (nSPS) is 23.5. The third kappa shape index (κ3) is 3.54. The zero-order chi connectivity index (χ0) is 16.4. The van der Waals surface area contributed by atoms with Crippen LogP contribution in [0.1, 0.15) is 37.7 Å². The largest absolute Gasteiger partial charge is 0.508 e. The highest BCUT2D eigenvalue weighted by Gasteiger charge is 2.45. The zero-order valence-electron chi connectivity index (χ0n) is 12.5.